The molecule has 0 unspecified atom stereocenters. The Bertz CT molecular complexity index is 695. The molecule has 0 bridgehead atoms. The molecule has 4 heteroatoms. The summed E-state index contributed by atoms with van der Waals surface area (Å²) >= 11 is 0. The highest BCUT2D eigenvalue weighted by atomic mass is 16.5. The number of ether oxygens (including phenoxy) is 1. The minimum atomic E-state index is -0.363. The summed E-state index contributed by atoms with van der Waals surface area (Å²) in [6.45, 7) is 5.75. The van der Waals surface area contributed by atoms with Gasteiger partial charge in [0.25, 0.3) is 5.91 Å². The second-order valence-corrected chi connectivity index (χ2v) is 6.30. The SMILES string of the molecule is CC[C@H](C)[C@@H](C(=O)OCC(=O)Nc1ccc(C)cc1)c1ccccc1. The number of carbonyl (C=O) groups excluding carboxylic acids is 2. The second kappa shape index (κ2) is 9.02. The molecule has 25 heavy (non-hydrogen) atoms. The molecule has 0 saturated heterocycles. The third-order valence-corrected chi connectivity index (χ3v) is 4.31. The van der Waals surface area contributed by atoms with Crippen molar-refractivity contribution in [2.24, 2.45) is 5.92 Å². The lowest BCUT2D eigenvalue weighted by Gasteiger charge is -2.21. The first-order chi connectivity index (χ1) is 12.0. The summed E-state index contributed by atoms with van der Waals surface area (Å²) in [5.74, 6) is -0.929. The zero-order chi connectivity index (χ0) is 18.2. The Morgan fingerprint density at radius 2 is 1.68 bits per heavy atom. The van der Waals surface area contributed by atoms with Gasteiger partial charge in [0.05, 0.1) is 5.92 Å². The van der Waals surface area contributed by atoms with E-state index in [-0.39, 0.29) is 30.3 Å². The number of anilines is 1. The van der Waals surface area contributed by atoms with E-state index in [9.17, 15) is 9.59 Å². The van der Waals surface area contributed by atoms with Gasteiger partial charge < -0.3 is 10.1 Å². The minimum absolute atomic E-state index is 0.134. The zero-order valence-corrected chi connectivity index (χ0v) is 15.0. The summed E-state index contributed by atoms with van der Waals surface area (Å²) in [7, 11) is 0. The summed E-state index contributed by atoms with van der Waals surface area (Å²) in [4.78, 5) is 24.6. The Morgan fingerprint density at radius 1 is 1.04 bits per heavy atom. The number of esters is 1. The van der Waals surface area contributed by atoms with Gasteiger partial charge in [-0.2, -0.15) is 0 Å². The highest BCUT2D eigenvalue weighted by Gasteiger charge is 2.27. The monoisotopic (exact) mass is 339 g/mol. The molecule has 0 saturated carbocycles. The van der Waals surface area contributed by atoms with Crippen molar-refractivity contribution in [3.05, 3.63) is 65.7 Å². The third kappa shape index (κ3) is 5.45. The maximum atomic E-state index is 12.5. The average Bonchev–Trinajstić information content (AvgIpc) is 2.63. The topological polar surface area (TPSA) is 55.4 Å². The second-order valence-electron chi connectivity index (χ2n) is 6.30. The van der Waals surface area contributed by atoms with E-state index in [1.807, 2.05) is 75.4 Å². The normalized spacial score (nSPS) is 12.9. The number of amides is 1. The van der Waals surface area contributed by atoms with Crippen molar-refractivity contribution in [2.45, 2.75) is 33.1 Å². The summed E-state index contributed by atoms with van der Waals surface area (Å²) in [6, 6.07) is 17.0. The molecule has 0 fully saturated rings. The molecule has 2 atom stereocenters. The van der Waals surface area contributed by atoms with E-state index in [0.29, 0.717) is 5.69 Å². The number of nitrogens with one attached hydrogen (secondary N) is 1. The van der Waals surface area contributed by atoms with Gasteiger partial charge in [0, 0.05) is 5.69 Å². The van der Waals surface area contributed by atoms with E-state index in [4.69, 9.17) is 4.74 Å². The van der Waals surface area contributed by atoms with Crippen molar-refractivity contribution < 1.29 is 14.3 Å². The smallest absolute Gasteiger partial charge is 0.314 e. The minimum Gasteiger partial charge on any atom is -0.455 e. The lowest BCUT2D eigenvalue weighted by atomic mass is 9.86. The van der Waals surface area contributed by atoms with Crippen LogP contribution in [0.25, 0.3) is 0 Å². The first kappa shape index (κ1) is 18.7. The summed E-state index contributed by atoms with van der Waals surface area (Å²) in [6.07, 6.45) is 0.851. The molecular weight excluding hydrogens is 314 g/mol. The van der Waals surface area contributed by atoms with E-state index in [1.54, 1.807) is 0 Å². The van der Waals surface area contributed by atoms with Crippen LogP contribution in [0.3, 0.4) is 0 Å². The van der Waals surface area contributed by atoms with Crippen LogP contribution in [0.15, 0.2) is 54.6 Å². The Hall–Kier alpha value is -2.62. The van der Waals surface area contributed by atoms with Crippen LogP contribution in [0, 0.1) is 12.8 Å². The van der Waals surface area contributed by atoms with Crippen LogP contribution in [-0.2, 0) is 14.3 Å². The zero-order valence-electron chi connectivity index (χ0n) is 15.0. The lowest BCUT2D eigenvalue weighted by molar-refractivity contribution is -0.150. The largest absolute Gasteiger partial charge is 0.455 e. The van der Waals surface area contributed by atoms with Crippen molar-refractivity contribution in [1.29, 1.82) is 0 Å². The summed E-state index contributed by atoms with van der Waals surface area (Å²) in [5.41, 5.74) is 2.72. The molecule has 2 rings (SSSR count). The van der Waals surface area contributed by atoms with E-state index in [2.05, 4.69) is 5.32 Å². The van der Waals surface area contributed by atoms with Gasteiger partial charge in [-0.05, 0) is 30.5 Å². The average molecular weight is 339 g/mol. The van der Waals surface area contributed by atoms with Crippen molar-refractivity contribution in [1.82, 2.24) is 0 Å². The molecule has 2 aromatic carbocycles. The number of hydrogen-bond donors (Lipinski definition) is 1. The Kier molecular flexibility index (Phi) is 6.75. The van der Waals surface area contributed by atoms with Crippen LogP contribution < -0.4 is 5.32 Å². The van der Waals surface area contributed by atoms with Crippen molar-refractivity contribution in [3.63, 3.8) is 0 Å². The lowest BCUT2D eigenvalue weighted by Crippen LogP contribution is -2.26. The van der Waals surface area contributed by atoms with Gasteiger partial charge in [0.2, 0.25) is 0 Å². The molecule has 132 valence electrons. The van der Waals surface area contributed by atoms with Gasteiger partial charge in [-0.15, -0.1) is 0 Å². The van der Waals surface area contributed by atoms with E-state index < -0.39 is 0 Å². The molecule has 0 heterocycles. The number of carbonyl (C=O) groups is 2. The predicted octanol–water partition coefficient (Wildman–Crippen LogP) is 4.31. The fraction of sp³-hybridized carbons (Fsp3) is 0.333. The summed E-state index contributed by atoms with van der Waals surface area (Å²) < 4.78 is 5.29. The van der Waals surface area contributed by atoms with Crippen LogP contribution in [0.1, 0.15) is 37.3 Å². The van der Waals surface area contributed by atoms with Crippen molar-refractivity contribution in [2.75, 3.05) is 11.9 Å². The van der Waals surface area contributed by atoms with Crippen LogP contribution in [-0.4, -0.2) is 18.5 Å². The van der Waals surface area contributed by atoms with Crippen molar-refractivity contribution in [3.8, 4) is 0 Å². The first-order valence-electron chi connectivity index (χ1n) is 8.59. The molecule has 0 spiro atoms. The molecule has 0 aliphatic heterocycles. The van der Waals surface area contributed by atoms with Gasteiger partial charge in [0.1, 0.15) is 0 Å². The maximum absolute atomic E-state index is 12.5. The Balaban J connectivity index is 1.96. The summed E-state index contributed by atoms with van der Waals surface area (Å²) in [5, 5.41) is 2.73. The fourth-order valence-corrected chi connectivity index (χ4v) is 2.65. The van der Waals surface area contributed by atoms with Crippen LogP contribution >= 0.6 is 0 Å². The van der Waals surface area contributed by atoms with Crippen LogP contribution in [0.5, 0.6) is 0 Å². The number of benzene rings is 2. The first-order valence-corrected chi connectivity index (χ1v) is 8.59. The van der Waals surface area contributed by atoms with Crippen LogP contribution in [0.4, 0.5) is 5.69 Å². The van der Waals surface area contributed by atoms with E-state index in [1.165, 1.54) is 0 Å². The number of aryl methyl sites for hydroxylation is 1. The molecule has 1 amide bonds. The van der Waals surface area contributed by atoms with Crippen molar-refractivity contribution >= 4 is 17.6 Å². The Labute approximate surface area is 149 Å². The van der Waals surface area contributed by atoms with Gasteiger partial charge >= 0.3 is 5.97 Å². The van der Waals surface area contributed by atoms with Crippen LogP contribution in [0.2, 0.25) is 0 Å². The molecule has 0 radical (unpaired) electrons. The Morgan fingerprint density at radius 3 is 2.28 bits per heavy atom. The molecule has 0 aliphatic rings. The highest BCUT2D eigenvalue weighted by Crippen LogP contribution is 2.28. The van der Waals surface area contributed by atoms with Gasteiger partial charge in [0.15, 0.2) is 6.61 Å². The molecule has 0 aliphatic carbocycles. The third-order valence-electron chi connectivity index (χ3n) is 4.31. The highest BCUT2D eigenvalue weighted by molar-refractivity contribution is 5.93. The standard InChI is InChI=1S/C21H25NO3/c1-4-16(3)20(17-8-6-5-7-9-17)21(24)25-14-19(23)22-18-12-10-15(2)11-13-18/h5-13,16,20H,4,14H2,1-3H3,(H,22,23)/t16-,20+/m0/s1. The fourth-order valence-electron chi connectivity index (χ4n) is 2.65. The predicted molar refractivity (Wildman–Crippen MR) is 99.4 cm³/mol. The van der Waals surface area contributed by atoms with Gasteiger partial charge in [-0.3, -0.25) is 9.59 Å². The van der Waals surface area contributed by atoms with E-state index >= 15 is 0 Å². The number of hydrogen-bond acceptors (Lipinski definition) is 3. The maximum Gasteiger partial charge on any atom is 0.314 e. The molecule has 1 N–H and O–H groups in total. The van der Waals surface area contributed by atoms with Gasteiger partial charge in [-0.1, -0.05) is 68.3 Å². The number of rotatable bonds is 7. The molecule has 0 aromatic heterocycles. The molecule has 2 aromatic rings. The van der Waals surface area contributed by atoms with E-state index in [0.717, 1.165) is 17.5 Å². The molecule has 4 nitrogen and oxygen atoms in total. The molecular formula is C21H25NO3. The van der Waals surface area contributed by atoms with Gasteiger partial charge in [-0.25, -0.2) is 0 Å². The quantitative estimate of drug-likeness (QED) is 0.765.